The van der Waals surface area contributed by atoms with E-state index in [0.717, 1.165) is 27.7 Å². The monoisotopic (exact) mass is 1010 g/mol. The molecule has 3 aliphatic rings. The first-order valence-corrected chi connectivity index (χ1v) is 22.3. The van der Waals surface area contributed by atoms with Gasteiger partial charge in [-0.05, 0) is 59.4 Å². The molecule has 73 heavy (non-hydrogen) atoms. The largest absolute Gasteiger partial charge is 0.463 e. The van der Waals surface area contributed by atoms with Crippen LogP contribution in [-0.2, 0) is 71.3 Å². The van der Waals surface area contributed by atoms with E-state index in [4.69, 9.17) is 52.1 Å². The maximum atomic E-state index is 14.0. The summed E-state index contributed by atoms with van der Waals surface area (Å²) in [6.07, 6.45) is -19.7. The molecular formula is C46H47N9O18. The van der Waals surface area contributed by atoms with Crippen molar-refractivity contribution >= 4 is 41.8 Å². The number of carbonyl (C=O) groups excluding carboxylic acids is 7. The summed E-state index contributed by atoms with van der Waals surface area (Å²) >= 11 is 0. The van der Waals surface area contributed by atoms with Crippen LogP contribution in [0.3, 0.4) is 0 Å². The predicted octanol–water partition coefficient (Wildman–Crippen LogP) is 5.31. The number of rotatable bonds is 19. The van der Waals surface area contributed by atoms with E-state index in [0.29, 0.717) is 0 Å². The fraction of sp³-hybridized carbons (Fsp3) is 0.457. The molecule has 1 aliphatic carbocycles. The molecule has 3 aromatic carbocycles. The van der Waals surface area contributed by atoms with Crippen molar-refractivity contribution in [3.8, 4) is 0 Å². The number of ether oxygens (including phenoxy) is 11. The molecule has 27 nitrogen and oxygen atoms in total. The summed E-state index contributed by atoms with van der Waals surface area (Å²) in [4.78, 5) is 100.0. The third-order valence-corrected chi connectivity index (χ3v) is 11.2. The Morgan fingerprint density at radius 3 is 1.37 bits per heavy atom. The lowest BCUT2D eigenvalue weighted by Gasteiger charge is -2.48. The molecule has 384 valence electrons. The van der Waals surface area contributed by atoms with Crippen LogP contribution in [0.25, 0.3) is 31.3 Å². The van der Waals surface area contributed by atoms with E-state index in [1.54, 1.807) is 54.6 Å². The van der Waals surface area contributed by atoms with Crippen LogP contribution in [0, 0.1) is 0 Å². The SMILES string of the molecule is CC(=O)OCC1O[C@H](O[C@@H]2C(N=[N+]=[N-])C[C@@H](N=[N+]=[N-])C(OC(C)=O)[C@H]2O[C@@H]2O[C@H](COC(=O)c3ccccc3)[C@@H](OC(=O)c3ccccc3)C2OC(=O)c2ccccc2)C(N=[N+]=[N-])[C@@H](OC(C)=O)[C@@H]1OC(C)=O. The minimum absolute atomic E-state index is 0.00749. The number of hydrogen-bond donors (Lipinski definition) is 0. The summed E-state index contributed by atoms with van der Waals surface area (Å²) in [5.74, 6) is -6.46. The molecule has 14 atom stereocenters. The van der Waals surface area contributed by atoms with Crippen LogP contribution >= 0.6 is 0 Å². The van der Waals surface area contributed by atoms with Gasteiger partial charge in [-0.2, -0.15) is 0 Å². The lowest BCUT2D eigenvalue weighted by atomic mass is 9.83. The molecule has 2 saturated heterocycles. The highest BCUT2D eigenvalue weighted by atomic mass is 16.8. The van der Waals surface area contributed by atoms with Gasteiger partial charge in [-0.3, -0.25) is 19.2 Å². The van der Waals surface area contributed by atoms with Crippen LogP contribution in [0.15, 0.2) is 106 Å². The molecule has 1 saturated carbocycles. The molecule has 0 N–H and O–H groups in total. The number of azide groups is 3. The Balaban J connectivity index is 1.49. The van der Waals surface area contributed by atoms with Crippen LogP contribution in [0.4, 0.5) is 0 Å². The fourth-order valence-electron chi connectivity index (χ4n) is 8.20. The van der Waals surface area contributed by atoms with Crippen molar-refractivity contribution in [2.75, 3.05) is 13.2 Å². The number of esters is 7. The summed E-state index contributed by atoms with van der Waals surface area (Å²) in [5.41, 5.74) is 29.7. The maximum absolute atomic E-state index is 14.0. The summed E-state index contributed by atoms with van der Waals surface area (Å²) in [7, 11) is 0. The van der Waals surface area contributed by atoms with Crippen molar-refractivity contribution in [3.05, 3.63) is 139 Å². The third-order valence-electron chi connectivity index (χ3n) is 11.2. The van der Waals surface area contributed by atoms with Gasteiger partial charge in [0.05, 0.1) is 34.9 Å². The third kappa shape index (κ3) is 14.2. The second-order valence-electron chi connectivity index (χ2n) is 16.2. The van der Waals surface area contributed by atoms with Gasteiger partial charge in [0.2, 0.25) is 0 Å². The Morgan fingerprint density at radius 1 is 0.466 bits per heavy atom. The van der Waals surface area contributed by atoms with E-state index in [-0.39, 0.29) is 16.7 Å². The number of benzene rings is 3. The van der Waals surface area contributed by atoms with Crippen molar-refractivity contribution < 1.29 is 85.7 Å². The van der Waals surface area contributed by atoms with Crippen LogP contribution in [0.2, 0.25) is 0 Å². The van der Waals surface area contributed by atoms with Gasteiger partial charge in [0.1, 0.15) is 43.7 Å². The molecular weight excluding hydrogens is 967 g/mol. The quantitative estimate of drug-likeness (QED) is 0.0482. The van der Waals surface area contributed by atoms with Crippen molar-refractivity contribution in [2.45, 2.75) is 120 Å². The predicted molar refractivity (Wildman–Crippen MR) is 242 cm³/mol. The van der Waals surface area contributed by atoms with Gasteiger partial charge in [-0.1, -0.05) is 69.9 Å². The molecule has 0 aromatic heterocycles. The first-order valence-electron chi connectivity index (χ1n) is 22.3. The van der Waals surface area contributed by atoms with Gasteiger partial charge in [0.15, 0.2) is 37.0 Å². The zero-order valence-corrected chi connectivity index (χ0v) is 39.2. The van der Waals surface area contributed by atoms with Crippen LogP contribution in [-0.4, -0.2) is 141 Å². The second kappa shape index (κ2) is 25.7. The Kier molecular flexibility index (Phi) is 19.0. The van der Waals surface area contributed by atoms with E-state index >= 15 is 0 Å². The molecule has 3 aromatic rings. The van der Waals surface area contributed by atoms with E-state index < -0.39 is 147 Å². The Hall–Kier alpha value is -8.28. The molecule has 6 rings (SSSR count). The zero-order chi connectivity index (χ0) is 52.6. The van der Waals surface area contributed by atoms with Gasteiger partial charge in [0, 0.05) is 42.4 Å². The first-order chi connectivity index (χ1) is 35.1. The van der Waals surface area contributed by atoms with E-state index in [1.807, 2.05) is 0 Å². The Bertz CT molecular complexity index is 2620. The molecule has 5 unspecified atom stereocenters. The molecule has 0 bridgehead atoms. The lowest BCUT2D eigenvalue weighted by Crippen LogP contribution is -2.65. The lowest BCUT2D eigenvalue weighted by molar-refractivity contribution is -0.312. The summed E-state index contributed by atoms with van der Waals surface area (Å²) < 4.78 is 65.3. The summed E-state index contributed by atoms with van der Waals surface area (Å²) in [6, 6.07) is 18.3. The number of hydrogen-bond acceptors (Lipinski definition) is 21. The highest BCUT2D eigenvalue weighted by Gasteiger charge is 2.58. The van der Waals surface area contributed by atoms with E-state index in [1.165, 1.54) is 36.4 Å². The van der Waals surface area contributed by atoms with Crippen molar-refractivity contribution in [2.24, 2.45) is 15.3 Å². The number of nitrogens with zero attached hydrogens (tertiary/aromatic N) is 9. The molecule has 0 radical (unpaired) electrons. The second-order valence-corrected chi connectivity index (χ2v) is 16.2. The summed E-state index contributed by atoms with van der Waals surface area (Å²) in [5, 5.41) is 11.4. The van der Waals surface area contributed by atoms with Crippen molar-refractivity contribution in [3.63, 3.8) is 0 Å². The molecule has 0 amide bonds. The normalized spacial score (nSPS) is 28.2. The van der Waals surface area contributed by atoms with Crippen molar-refractivity contribution in [1.82, 2.24) is 0 Å². The van der Waals surface area contributed by atoms with E-state index in [2.05, 4.69) is 30.1 Å². The smallest absolute Gasteiger partial charge is 0.338 e. The van der Waals surface area contributed by atoms with Gasteiger partial charge in [-0.15, -0.1) is 0 Å². The van der Waals surface area contributed by atoms with Gasteiger partial charge >= 0.3 is 41.8 Å². The topological polar surface area (TPSA) is 367 Å². The highest BCUT2D eigenvalue weighted by molar-refractivity contribution is 5.91. The Labute approximate surface area is 414 Å². The number of carbonyl (C=O) groups is 7. The van der Waals surface area contributed by atoms with Gasteiger partial charge in [0.25, 0.3) is 0 Å². The standard InChI is InChI=1S/C46H47N9O18/c1-23(56)63-21-32-37(66-25(3)58)39(67-26(4)59)34(52-55-49)45(68-32)72-36-31(51-54-48)20-30(50-53-47)35(65-24(2)57)40(36)73-46-41(71-44(62)29-18-12-7-13-19-29)38(70-43(61)28-16-10-6-11-17-28)33(69-46)22-64-42(60)27-14-8-5-9-15-27/h5-19,30-41,45-46H,20-22H2,1-4H3/t30-,31?,32?,33-,34?,35?,36-,37-,38-,39-,40-,41?,45-,46+/m1/s1. The van der Waals surface area contributed by atoms with Crippen LogP contribution in [0.1, 0.15) is 65.2 Å². The zero-order valence-electron chi connectivity index (χ0n) is 39.2. The average molecular weight is 1010 g/mol. The molecule has 27 heteroatoms. The fourth-order valence-corrected chi connectivity index (χ4v) is 8.20. The maximum Gasteiger partial charge on any atom is 0.338 e. The van der Waals surface area contributed by atoms with E-state index in [9.17, 15) is 50.2 Å². The highest BCUT2D eigenvalue weighted by Crippen LogP contribution is 2.40. The van der Waals surface area contributed by atoms with Gasteiger partial charge in [-0.25, -0.2) is 14.4 Å². The molecule has 2 aliphatic heterocycles. The Morgan fingerprint density at radius 2 is 0.877 bits per heavy atom. The molecule has 0 spiro atoms. The minimum Gasteiger partial charge on any atom is -0.463 e. The van der Waals surface area contributed by atoms with Crippen LogP contribution < -0.4 is 0 Å². The first kappa shape index (κ1) is 54.1. The summed E-state index contributed by atoms with van der Waals surface area (Å²) in [6.45, 7) is 2.74. The minimum atomic E-state index is -1.95. The average Bonchev–Trinajstić information content (AvgIpc) is 3.67. The molecule has 2 heterocycles. The van der Waals surface area contributed by atoms with Crippen molar-refractivity contribution in [1.29, 1.82) is 0 Å². The van der Waals surface area contributed by atoms with Gasteiger partial charge < -0.3 is 52.1 Å². The van der Waals surface area contributed by atoms with Crippen LogP contribution in [0.5, 0.6) is 0 Å². The molecule has 3 fully saturated rings.